The fourth-order valence-corrected chi connectivity index (χ4v) is 4.59. The Morgan fingerprint density at radius 2 is 1.85 bits per heavy atom. The second kappa shape index (κ2) is 8.30. The third kappa shape index (κ3) is 4.00. The molecule has 0 radical (unpaired) electrons. The summed E-state index contributed by atoms with van der Waals surface area (Å²) in [5.74, 6) is -1.10. The van der Waals surface area contributed by atoms with Gasteiger partial charge in [-0.15, -0.1) is 11.3 Å². The Bertz CT molecular complexity index is 890. The van der Waals surface area contributed by atoms with Crippen molar-refractivity contribution in [3.05, 3.63) is 55.9 Å². The number of thiophene rings is 1. The molecule has 8 heteroatoms. The number of carbonyl (C=O) groups excluding carboxylic acids is 2. The molecule has 0 fully saturated rings. The first-order valence-corrected chi connectivity index (χ1v) is 9.62. The number of hydrogen-bond acceptors (Lipinski definition) is 6. The zero-order valence-electron chi connectivity index (χ0n) is 14.9. The SMILES string of the molecule is COC(=O)c1c(NC(=O)c2ccccc2[N+](=O)[O-])sc2c1CCCCCC2. The van der Waals surface area contributed by atoms with Crippen LogP contribution in [0, 0.1) is 10.1 Å². The molecule has 1 aromatic carbocycles. The van der Waals surface area contributed by atoms with Gasteiger partial charge in [0.1, 0.15) is 10.6 Å². The van der Waals surface area contributed by atoms with Crippen molar-refractivity contribution >= 4 is 33.9 Å². The first kappa shape index (κ1) is 19.0. The predicted octanol–water partition coefficient (Wildman–Crippen LogP) is 4.35. The fraction of sp³-hybridized carbons (Fsp3) is 0.368. The zero-order chi connectivity index (χ0) is 19.4. The number of nitrogens with one attached hydrogen (secondary N) is 1. The van der Waals surface area contributed by atoms with E-state index in [9.17, 15) is 19.7 Å². The lowest BCUT2D eigenvalue weighted by molar-refractivity contribution is -0.385. The van der Waals surface area contributed by atoms with E-state index in [1.165, 1.54) is 36.6 Å². The van der Waals surface area contributed by atoms with E-state index in [1.54, 1.807) is 6.07 Å². The number of esters is 1. The van der Waals surface area contributed by atoms with Crippen LogP contribution >= 0.6 is 11.3 Å². The molecule has 1 aliphatic rings. The van der Waals surface area contributed by atoms with E-state index in [0.29, 0.717) is 10.6 Å². The Morgan fingerprint density at radius 3 is 2.56 bits per heavy atom. The van der Waals surface area contributed by atoms with Crippen molar-refractivity contribution in [2.24, 2.45) is 0 Å². The fourth-order valence-electron chi connectivity index (χ4n) is 3.32. The lowest BCUT2D eigenvalue weighted by atomic mass is 9.96. The van der Waals surface area contributed by atoms with Gasteiger partial charge in [0.2, 0.25) is 0 Å². The highest BCUT2D eigenvalue weighted by Gasteiger charge is 2.27. The number of carbonyl (C=O) groups is 2. The Balaban J connectivity index is 1.99. The summed E-state index contributed by atoms with van der Waals surface area (Å²) < 4.78 is 4.93. The Kier molecular flexibility index (Phi) is 5.85. The van der Waals surface area contributed by atoms with Crippen LogP contribution in [0.3, 0.4) is 0 Å². The van der Waals surface area contributed by atoms with E-state index in [-0.39, 0.29) is 11.3 Å². The van der Waals surface area contributed by atoms with Gasteiger partial charge in [0.15, 0.2) is 0 Å². The molecule has 2 aromatic rings. The van der Waals surface area contributed by atoms with Gasteiger partial charge in [0.05, 0.1) is 17.6 Å². The van der Waals surface area contributed by atoms with E-state index in [2.05, 4.69) is 5.32 Å². The van der Waals surface area contributed by atoms with Gasteiger partial charge in [-0.3, -0.25) is 14.9 Å². The minimum atomic E-state index is -0.610. The number of nitrogens with zero attached hydrogens (tertiary/aromatic N) is 1. The number of anilines is 1. The zero-order valence-corrected chi connectivity index (χ0v) is 15.8. The van der Waals surface area contributed by atoms with Crippen molar-refractivity contribution < 1.29 is 19.2 Å². The molecular weight excluding hydrogens is 368 g/mol. The minimum Gasteiger partial charge on any atom is -0.465 e. The van der Waals surface area contributed by atoms with Crippen molar-refractivity contribution in [3.63, 3.8) is 0 Å². The second-order valence-corrected chi connectivity index (χ2v) is 7.45. The maximum atomic E-state index is 12.7. The van der Waals surface area contributed by atoms with Gasteiger partial charge < -0.3 is 10.1 Å². The summed E-state index contributed by atoms with van der Waals surface area (Å²) in [5.41, 5.74) is 0.999. The third-order valence-electron chi connectivity index (χ3n) is 4.63. The number of aryl methyl sites for hydroxylation is 1. The summed E-state index contributed by atoms with van der Waals surface area (Å²) in [6.07, 6.45) is 5.87. The average molecular weight is 388 g/mol. The van der Waals surface area contributed by atoms with Gasteiger partial charge in [-0.2, -0.15) is 0 Å². The molecule has 1 amide bonds. The third-order valence-corrected chi connectivity index (χ3v) is 5.84. The summed E-state index contributed by atoms with van der Waals surface area (Å²) in [6.45, 7) is 0. The molecule has 0 spiro atoms. The van der Waals surface area contributed by atoms with Crippen LogP contribution in [0.2, 0.25) is 0 Å². The van der Waals surface area contributed by atoms with Crippen LogP contribution < -0.4 is 5.32 Å². The predicted molar refractivity (Wildman–Crippen MR) is 103 cm³/mol. The number of para-hydroxylation sites is 1. The van der Waals surface area contributed by atoms with E-state index in [1.807, 2.05) is 0 Å². The number of ether oxygens (including phenoxy) is 1. The molecule has 142 valence electrons. The van der Waals surface area contributed by atoms with Crippen molar-refractivity contribution in [3.8, 4) is 0 Å². The first-order chi connectivity index (χ1) is 13.0. The molecule has 1 aromatic heterocycles. The monoisotopic (exact) mass is 388 g/mol. The van der Waals surface area contributed by atoms with Crippen LogP contribution in [0.1, 0.15) is 56.8 Å². The number of hydrogen-bond donors (Lipinski definition) is 1. The minimum absolute atomic E-state index is 0.0425. The Hall–Kier alpha value is -2.74. The summed E-state index contributed by atoms with van der Waals surface area (Å²) in [7, 11) is 1.31. The molecule has 3 rings (SSSR count). The molecule has 0 atom stereocenters. The number of benzene rings is 1. The standard InChI is InChI=1S/C19H20N2O5S/c1-26-19(23)16-13-9-4-2-3-5-11-15(13)27-18(16)20-17(22)12-8-6-7-10-14(12)21(24)25/h6-8,10H,2-5,9,11H2,1H3,(H,20,22). The quantitative estimate of drug-likeness (QED) is 0.477. The molecule has 7 nitrogen and oxygen atoms in total. The van der Waals surface area contributed by atoms with E-state index >= 15 is 0 Å². The summed E-state index contributed by atoms with van der Waals surface area (Å²) >= 11 is 1.36. The number of nitro groups is 1. The maximum Gasteiger partial charge on any atom is 0.341 e. The normalized spacial score (nSPS) is 13.8. The van der Waals surface area contributed by atoms with Gasteiger partial charge in [-0.25, -0.2) is 4.79 Å². The summed E-state index contributed by atoms with van der Waals surface area (Å²) in [5, 5.41) is 14.3. The van der Waals surface area contributed by atoms with E-state index in [0.717, 1.165) is 49.0 Å². The van der Waals surface area contributed by atoms with E-state index < -0.39 is 16.8 Å². The summed E-state index contributed by atoms with van der Waals surface area (Å²) in [4.78, 5) is 36.7. The Morgan fingerprint density at radius 1 is 1.15 bits per heavy atom. The van der Waals surface area contributed by atoms with Crippen LogP contribution in [-0.2, 0) is 17.6 Å². The highest BCUT2D eigenvalue weighted by atomic mass is 32.1. The number of rotatable bonds is 4. The molecule has 0 aliphatic heterocycles. The largest absolute Gasteiger partial charge is 0.465 e. The molecular formula is C19H20N2O5S. The van der Waals surface area contributed by atoms with Crippen LogP contribution in [0.15, 0.2) is 24.3 Å². The molecule has 1 N–H and O–H groups in total. The van der Waals surface area contributed by atoms with Crippen LogP contribution in [0.25, 0.3) is 0 Å². The molecule has 1 heterocycles. The number of amides is 1. The highest BCUT2D eigenvalue weighted by Crippen LogP contribution is 2.38. The molecule has 0 saturated heterocycles. The van der Waals surface area contributed by atoms with Crippen molar-refractivity contribution in [2.45, 2.75) is 38.5 Å². The van der Waals surface area contributed by atoms with Gasteiger partial charge in [0.25, 0.3) is 11.6 Å². The van der Waals surface area contributed by atoms with Crippen molar-refractivity contribution in [2.75, 3.05) is 12.4 Å². The lowest BCUT2D eigenvalue weighted by Gasteiger charge is -2.11. The van der Waals surface area contributed by atoms with Crippen LogP contribution in [0.4, 0.5) is 10.7 Å². The summed E-state index contributed by atoms with van der Waals surface area (Å²) in [6, 6.07) is 5.75. The van der Waals surface area contributed by atoms with Crippen molar-refractivity contribution in [1.29, 1.82) is 0 Å². The lowest BCUT2D eigenvalue weighted by Crippen LogP contribution is -2.16. The topological polar surface area (TPSA) is 98.5 Å². The van der Waals surface area contributed by atoms with Gasteiger partial charge in [0, 0.05) is 10.9 Å². The Labute approximate surface area is 160 Å². The van der Waals surface area contributed by atoms with Gasteiger partial charge in [-0.1, -0.05) is 25.0 Å². The molecule has 1 aliphatic carbocycles. The van der Waals surface area contributed by atoms with Crippen LogP contribution in [0.5, 0.6) is 0 Å². The van der Waals surface area contributed by atoms with Gasteiger partial charge in [-0.05, 0) is 37.3 Å². The second-order valence-electron chi connectivity index (χ2n) is 6.34. The molecule has 27 heavy (non-hydrogen) atoms. The van der Waals surface area contributed by atoms with Gasteiger partial charge >= 0.3 is 5.97 Å². The smallest absolute Gasteiger partial charge is 0.341 e. The molecule has 0 unspecified atom stereocenters. The van der Waals surface area contributed by atoms with E-state index in [4.69, 9.17) is 4.74 Å². The first-order valence-electron chi connectivity index (χ1n) is 8.80. The molecule has 0 bridgehead atoms. The number of methoxy groups -OCH3 is 1. The highest BCUT2D eigenvalue weighted by molar-refractivity contribution is 7.17. The number of nitro benzene ring substituents is 1. The average Bonchev–Trinajstić information content (AvgIpc) is 2.97. The number of fused-ring (bicyclic) bond motifs is 1. The maximum absolute atomic E-state index is 12.7. The van der Waals surface area contributed by atoms with Crippen LogP contribution in [-0.4, -0.2) is 23.9 Å². The van der Waals surface area contributed by atoms with Crippen molar-refractivity contribution in [1.82, 2.24) is 0 Å². The molecule has 0 saturated carbocycles.